The highest BCUT2D eigenvalue weighted by atomic mass is 32.2. The molecule has 8 heteroatoms. The fourth-order valence-corrected chi connectivity index (χ4v) is 4.78. The molecule has 0 radical (unpaired) electrons. The molecule has 1 unspecified atom stereocenters. The summed E-state index contributed by atoms with van der Waals surface area (Å²) in [5, 5.41) is 4.83. The van der Waals surface area contributed by atoms with E-state index in [0.717, 1.165) is 4.88 Å². The Labute approximate surface area is 135 Å². The van der Waals surface area contributed by atoms with Gasteiger partial charge in [-0.25, -0.2) is 13.2 Å². The van der Waals surface area contributed by atoms with Gasteiger partial charge in [0, 0.05) is 25.1 Å². The van der Waals surface area contributed by atoms with Crippen LogP contribution in [0.25, 0.3) is 0 Å². The van der Waals surface area contributed by atoms with Crippen LogP contribution in [0.4, 0.5) is 4.79 Å². The van der Waals surface area contributed by atoms with Gasteiger partial charge in [0.2, 0.25) is 0 Å². The van der Waals surface area contributed by atoms with Gasteiger partial charge in [0.15, 0.2) is 0 Å². The second-order valence-electron chi connectivity index (χ2n) is 5.42. The molecule has 1 aliphatic heterocycles. The lowest BCUT2D eigenvalue weighted by Crippen LogP contribution is -2.47. The first-order valence-electron chi connectivity index (χ1n) is 7.20. The molecule has 2 rings (SSSR count). The second-order valence-corrected chi connectivity index (χ2v) is 8.70. The normalized spacial score (nSPS) is 19.5. The minimum atomic E-state index is -2.91. The molecule has 0 aromatic carbocycles. The second kappa shape index (κ2) is 7.43. The summed E-state index contributed by atoms with van der Waals surface area (Å²) in [5.74, 6) is 0.316. The topological polar surface area (TPSA) is 75.7 Å². The van der Waals surface area contributed by atoms with Crippen LogP contribution in [0.3, 0.4) is 0 Å². The first-order valence-corrected chi connectivity index (χ1v) is 9.90. The third-order valence-corrected chi connectivity index (χ3v) is 6.66. The van der Waals surface area contributed by atoms with Gasteiger partial charge in [0.05, 0.1) is 18.1 Å². The molecule has 6 nitrogen and oxygen atoms in total. The third-order valence-electron chi connectivity index (χ3n) is 3.98. The molecule has 22 heavy (non-hydrogen) atoms. The van der Waals surface area contributed by atoms with E-state index in [1.165, 1.54) is 0 Å². The number of rotatable bonds is 5. The molecule has 0 saturated carbocycles. The maximum Gasteiger partial charge on any atom is 0.317 e. The molecule has 0 spiro atoms. The van der Waals surface area contributed by atoms with Gasteiger partial charge in [-0.2, -0.15) is 0 Å². The van der Waals surface area contributed by atoms with Crippen LogP contribution in [0.1, 0.15) is 23.8 Å². The van der Waals surface area contributed by atoms with Crippen LogP contribution in [-0.2, 0) is 14.6 Å². The van der Waals surface area contributed by atoms with Gasteiger partial charge in [-0.1, -0.05) is 6.07 Å². The van der Waals surface area contributed by atoms with E-state index in [4.69, 9.17) is 4.74 Å². The minimum Gasteiger partial charge on any atom is -0.374 e. The number of hydrogen-bond donors (Lipinski definition) is 1. The monoisotopic (exact) mass is 346 g/mol. The highest BCUT2D eigenvalue weighted by molar-refractivity contribution is 7.91. The number of hydrogen-bond acceptors (Lipinski definition) is 5. The molecular formula is C14H22N2O4S2. The van der Waals surface area contributed by atoms with E-state index in [-0.39, 0.29) is 29.7 Å². The van der Waals surface area contributed by atoms with E-state index in [1.54, 1.807) is 30.4 Å². The van der Waals surface area contributed by atoms with Gasteiger partial charge in [-0.05, 0) is 24.3 Å². The van der Waals surface area contributed by atoms with Crippen LogP contribution in [0, 0.1) is 0 Å². The van der Waals surface area contributed by atoms with Gasteiger partial charge < -0.3 is 15.0 Å². The molecule has 1 aliphatic rings. The summed E-state index contributed by atoms with van der Waals surface area (Å²) >= 11 is 1.59. The zero-order valence-corrected chi connectivity index (χ0v) is 14.5. The Kier molecular flexibility index (Phi) is 5.82. The number of carbonyl (C=O) groups excluding carboxylic acids is 1. The molecule has 1 atom stereocenters. The van der Waals surface area contributed by atoms with Crippen molar-refractivity contribution in [1.82, 2.24) is 10.2 Å². The standard InChI is InChI=1S/C14H22N2O4S2/c1-16(11-5-8-22(18,19)9-6-11)14(17)15-10-12(20-2)13-4-3-7-21-13/h3-4,7,11-12H,5-6,8-10H2,1-2H3,(H,15,17). The van der Waals surface area contributed by atoms with Crippen molar-refractivity contribution in [3.8, 4) is 0 Å². The van der Waals surface area contributed by atoms with Crippen LogP contribution in [0.15, 0.2) is 17.5 Å². The summed E-state index contributed by atoms with van der Waals surface area (Å²) in [5.41, 5.74) is 0. The van der Waals surface area contributed by atoms with Crippen molar-refractivity contribution in [3.63, 3.8) is 0 Å². The van der Waals surface area contributed by atoms with Crippen LogP contribution in [0.5, 0.6) is 0 Å². The Bertz CT molecular complexity index is 572. The summed E-state index contributed by atoms with van der Waals surface area (Å²) in [6.07, 6.45) is 0.847. The number of thiophene rings is 1. The Morgan fingerprint density at radius 3 is 2.73 bits per heavy atom. The smallest absolute Gasteiger partial charge is 0.317 e. The molecular weight excluding hydrogens is 324 g/mol. The third kappa shape index (κ3) is 4.44. The van der Waals surface area contributed by atoms with Crippen LogP contribution in [0.2, 0.25) is 0 Å². The SMILES string of the molecule is COC(CNC(=O)N(C)C1CCS(=O)(=O)CC1)c1cccs1. The van der Waals surface area contributed by atoms with Gasteiger partial charge in [0.1, 0.15) is 15.9 Å². The summed E-state index contributed by atoms with van der Waals surface area (Å²) in [6.45, 7) is 0.394. The van der Waals surface area contributed by atoms with Crippen LogP contribution >= 0.6 is 11.3 Å². The highest BCUT2D eigenvalue weighted by Gasteiger charge is 2.28. The quantitative estimate of drug-likeness (QED) is 0.880. The number of nitrogens with zero attached hydrogens (tertiary/aromatic N) is 1. The Balaban J connectivity index is 1.84. The van der Waals surface area contributed by atoms with Crippen molar-refractivity contribution in [3.05, 3.63) is 22.4 Å². The first-order chi connectivity index (χ1) is 10.4. The lowest BCUT2D eigenvalue weighted by Gasteiger charge is -2.31. The van der Waals surface area contributed by atoms with E-state index in [9.17, 15) is 13.2 Å². The molecule has 2 amide bonds. The summed E-state index contributed by atoms with van der Waals surface area (Å²) in [6, 6.07) is 3.71. The van der Waals surface area contributed by atoms with Crippen LogP contribution in [-0.4, -0.2) is 57.6 Å². The first kappa shape index (κ1) is 17.2. The molecule has 124 valence electrons. The van der Waals surface area contributed by atoms with Gasteiger partial charge in [-0.15, -0.1) is 11.3 Å². The zero-order chi connectivity index (χ0) is 16.2. The predicted octanol–water partition coefficient (Wildman–Crippen LogP) is 1.65. The molecule has 1 N–H and O–H groups in total. The summed E-state index contributed by atoms with van der Waals surface area (Å²) < 4.78 is 28.3. The van der Waals surface area contributed by atoms with Crippen molar-refractivity contribution >= 4 is 27.2 Å². The van der Waals surface area contributed by atoms with Crippen molar-refractivity contribution in [2.24, 2.45) is 0 Å². The molecule has 1 aromatic heterocycles. The van der Waals surface area contributed by atoms with E-state index < -0.39 is 9.84 Å². The van der Waals surface area contributed by atoms with Gasteiger partial charge in [0.25, 0.3) is 0 Å². The van der Waals surface area contributed by atoms with E-state index >= 15 is 0 Å². The Morgan fingerprint density at radius 2 is 2.18 bits per heavy atom. The molecule has 1 saturated heterocycles. The highest BCUT2D eigenvalue weighted by Crippen LogP contribution is 2.21. The lowest BCUT2D eigenvalue weighted by atomic mass is 10.1. The number of carbonyl (C=O) groups is 1. The maximum atomic E-state index is 12.2. The fourth-order valence-electron chi connectivity index (χ4n) is 2.51. The van der Waals surface area contributed by atoms with Crippen molar-refractivity contribution in [2.75, 3.05) is 32.2 Å². The Morgan fingerprint density at radius 1 is 1.50 bits per heavy atom. The maximum absolute atomic E-state index is 12.2. The number of nitrogens with one attached hydrogen (secondary N) is 1. The molecule has 2 heterocycles. The average Bonchev–Trinajstić information content (AvgIpc) is 3.01. The van der Waals surface area contributed by atoms with Crippen molar-refractivity contribution < 1.29 is 17.9 Å². The van der Waals surface area contributed by atoms with Gasteiger partial charge in [-0.3, -0.25) is 0 Å². The van der Waals surface area contributed by atoms with E-state index in [0.29, 0.717) is 19.4 Å². The number of ether oxygens (including phenoxy) is 1. The summed E-state index contributed by atoms with van der Waals surface area (Å²) in [4.78, 5) is 14.9. The predicted molar refractivity (Wildman–Crippen MR) is 86.9 cm³/mol. The zero-order valence-electron chi connectivity index (χ0n) is 12.8. The molecule has 1 fully saturated rings. The lowest BCUT2D eigenvalue weighted by molar-refractivity contribution is 0.103. The number of sulfone groups is 1. The molecule has 0 bridgehead atoms. The van der Waals surface area contributed by atoms with Gasteiger partial charge >= 0.3 is 6.03 Å². The van der Waals surface area contributed by atoms with Crippen molar-refractivity contribution in [2.45, 2.75) is 25.0 Å². The minimum absolute atomic E-state index is 0.0220. The summed E-state index contributed by atoms with van der Waals surface area (Å²) in [7, 11) is 0.419. The van der Waals surface area contributed by atoms with E-state index in [2.05, 4.69) is 5.32 Å². The number of methoxy groups -OCH3 is 1. The van der Waals surface area contributed by atoms with E-state index in [1.807, 2.05) is 17.5 Å². The molecule has 1 aromatic rings. The van der Waals surface area contributed by atoms with Crippen molar-refractivity contribution in [1.29, 1.82) is 0 Å². The largest absolute Gasteiger partial charge is 0.374 e. The molecule has 0 aliphatic carbocycles. The number of urea groups is 1. The average molecular weight is 346 g/mol. The Hall–Kier alpha value is -1.12. The van der Waals surface area contributed by atoms with Crippen LogP contribution < -0.4 is 5.32 Å². The number of amides is 2. The fraction of sp³-hybridized carbons (Fsp3) is 0.643.